The van der Waals surface area contributed by atoms with Gasteiger partial charge < -0.3 is 10.1 Å². The van der Waals surface area contributed by atoms with Gasteiger partial charge >= 0.3 is 6.09 Å². The van der Waals surface area contributed by atoms with Crippen LogP contribution in [0.3, 0.4) is 0 Å². The highest BCUT2D eigenvalue weighted by Gasteiger charge is 2.49. The molecule has 0 N–H and O–H groups in total. The number of benzene rings is 1. The van der Waals surface area contributed by atoms with Crippen molar-refractivity contribution in [2.45, 2.75) is 72.4 Å². The summed E-state index contributed by atoms with van der Waals surface area (Å²) in [5.74, 6) is 1.55. The van der Waals surface area contributed by atoms with Crippen molar-refractivity contribution in [1.29, 1.82) is 0 Å². The summed E-state index contributed by atoms with van der Waals surface area (Å²) < 4.78 is 5.14. The van der Waals surface area contributed by atoms with E-state index in [9.17, 15) is 15.0 Å². The molecular weight excluding hydrogens is 383 g/mol. The lowest BCUT2D eigenvalue weighted by molar-refractivity contribution is -0.114. The molecule has 0 heterocycles. The number of ether oxygens (including phenoxy) is 1. The summed E-state index contributed by atoms with van der Waals surface area (Å²) in [5.41, 5.74) is 2.57. The van der Waals surface area contributed by atoms with Gasteiger partial charge in [-0.15, -0.1) is 0 Å². The summed E-state index contributed by atoms with van der Waals surface area (Å²) in [6.45, 7) is 16.8. The van der Waals surface area contributed by atoms with Crippen LogP contribution in [-0.2, 0) is 9.53 Å². The predicted octanol–water partition coefficient (Wildman–Crippen LogP) is 5.89. The highest BCUT2D eigenvalue weighted by Crippen LogP contribution is 2.70. The number of imide groups is 1. The average Bonchev–Trinajstić information content (AvgIpc) is 2.62. The van der Waals surface area contributed by atoms with Crippen molar-refractivity contribution in [1.82, 2.24) is 0 Å². The smallest absolute Gasteiger partial charge is 0.421 e. The van der Waals surface area contributed by atoms with Gasteiger partial charge in [-0.25, -0.2) is 9.69 Å². The lowest BCUT2D eigenvalue weighted by Gasteiger charge is -2.39. The highest BCUT2D eigenvalue weighted by molar-refractivity contribution is 7.78. The van der Waals surface area contributed by atoms with Crippen molar-refractivity contribution in [3.8, 4) is 0 Å². The maximum atomic E-state index is 13.4. The second-order valence-corrected chi connectivity index (χ2v) is 13.6. The van der Waals surface area contributed by atoms with Crippen LogP contribution in [0.25, 0.3) is 5.41 Å². The fourth-order valence-corrected chi connectivity index (χ4v) is 9.58. The van der Waals surface area contributed by atoms with E-state index in [1.54, 1.807) is 25.1 Å². The number of amides is 2. The van der Waals surface area contributed by atoms with E-state index in [2.05, 4.69) is 47.4 Å². The maximum Gasteiger partial charge on any atom is 0.421 e. The molecule has 0 unspecified atom stereocenters. The van der Waals surface area contributed by atoms with Crippen LogP contribution in [0.2, 0.25) is 0 Å². The van der Waals surface area contributed by atoms with Gasteiger partial charge in [0.2, 0.25) is 0 Å². The number of aryl methyl sites for hydroxylation is 1. The van der Waals surface area contributed by atoms with Crippen LogP contribution in [0.5, 0.6) is 0 Å². The molecule has 0 saturated heterocycles. The van der Waals surface area contributed by atoms with Gasteiger partial charge in [0.15, 0.2) is 0 Å². The van der Waals surface area contributed by atoms with Crippen molar-refractivity contribution < 1.29 is 14.3 Å². The Balaban J connectivity index is 3.45. The molecule has 0 saturated carbocycles. The standard InChI is InChI=1S/C23H35N2O3P/c1-9-28-23(27)25(21-12-10-11-19(8)13-21)22(26)20(14-24)15-29(16(2)3,17(4)5)18(6)7/h10-13,16-18H,9,15H2,1-8H3. The Labute approximate surface area is 176 Å². The zero-order valence-electron chi connectivity index (χ0n) is 19.0. The minimum atomic E-state index is -1.68. The van der Waals surface area contributed by atoms with Crippen molar-refractivity contribution in [3.05, 3.63) is 40.8 Å². The van der Waals surface area contributed by atoms with Crippen LogP contribution in [0.15, 0.2) is 29.8 Å². The Hall–Kier alpha value is -1.96. The maximum absolute atomic E-state index is 13.4. The van der Waals surface area contributed by atoms with Gasteiger partial charge in [-0.3, -0.25) is 10.7 Å². The van der Waals surface area contributed by atoms with E-state index >= 15 is 0 Å². The lowest BCUT2D eigenvalue weighted by atomic mass is 10.2. The number of nitrogens with zero attached hydrogens (tertiary/aromatic N) is 2. The fourth-order valence-electron chi connectivity index (χ4n) is 4.16. The number of anilines is 1. The molecule has 0 spiro atoms. The molecule has 160 valence electrons. The van der Waals surface area contributed by atoms with E-state index in [0.717, 1.165) is 10.5 Å². The third-order valence-corrected chi connectivity index (χ3v) is 12.3. The van der Waals surface area contributed by atoms with Crippen LogP contribution >= 0.6 is 7.26 Å². The van der Waals surface area contributed by atoms with Crippen LogP contribution in [0, 0.1) is 6.92 Å². The molecule has 5 nitrogen and oxygen atoms in total. The Bertz CT molecular complexity index is 758. The molecular formula is C23H35N2O3P. The van der Waals surface area contributed by atoms with E-state index in [4.69, 9.17) is 4.74 Å². The molecule has 0 aromatic heterocycles. The van der Waals surface area contributed by atoms with Gasteiger partial charge in [-0.1, -0.05) is 12.1 Å². The van der Waals surface area contributed by atoms with E-state index in [1.807, 2.05) is 13.0 Å². The average molecular weight is 419 g/mol. The second kappa shape index (κ2) is 10.7. The molecule has 0 aliphatic carbocycles. The van der Waals surface area contributed by atoms with E-state index in [-0.39, 0.29) is 12.2 Å². The molecule has 0 atom stereocenters. The molecule has 29 heavy (non-hydrogen) atoms. The second-order valence-electron chi connectivity index (χ2n) is 8.20. The Morgan fingerprint density at radius 3 is 2.07 bits per heavy atom. The van der Waals surface area contributed by atoms with Gasteiger partial charge in [0.25, 0.3) is 5.91 Å². The van der Waals surface area contributed by atoms with Gasteiger partial charge in [0.05, 0.1) is 41.0 Å². The summed E-state index contributed by atoms with van der Waals surface area (Å²) in [7, 11) is -1.68. The zero-order chi connectivity index (χ0) is 22.4. The third kappa shape index (κ3) is 5.56. The molecule has 2 amide bonds. The van der Waals surface area contributed by atoms with Crippen LogP contribution in [0.1, 0.15) is 54.0 Å². The van der Waals surface area contributed by atoms with Gasteiger partial charge in [-0.2, -0.15) is 0 Å². The van der Waals surface area contributed by atoms with Gasteiger partial charge in [0, 0.05) is 7.26 Å². The number of rotatable bonds is 8. The number of carbonyl (C=O) groups excluding carboxylic acids is 2. The zero-order valence-corrected chi connectivity index (χ0v) is 19.9. The molecule has 0 radical (unpaired) electrons. The largest absolute Gasteiger partial charge is 0.763 e. The van der Waals surface area contributed by atoms with E-state index in [0.29, 0.717) is 28.8 Å². The van der Waals surface area contributed by atoms with E-state index < -0.39 is 19.3 Å². The minimum absolute atomic E-state index is 0.129. The SMILES string of the molecule is CCOC(=O)N(C(=O)C(=C=[N-])C[P+](C(C)C)(C(C)C)C(C)C)c1cccc(C)c1. The first-order valence-electron chi connectivity index (χ1n) is 10.2. The minimum Gasteiger partial charge on any atom is -0.763 e. The quantitative estimate of drug-likeness (QED) is 0.300. The van der Waals surface area contributed by atoms with Gasteiger partial charge in [0.1, 0.15) is 0 Å². The molecule has 1 aromatic rings. The fraction of sp³-hybridized carbons (Fsp3) is 0.565. The Kier molecular flexibility index (Phi) is 9.26. The summed E-state index contributed by atoms with van der Waals surface area (Å²) in [5, 5.41) is 9.90. The molecule has 0 bridgehead atoms. The van der Waals surface area contributed by atoms with Crippen molar-refractivity contribution in [2.75, 3.05) is 17.7 Å². The third-order valence-electron chi connectivity index (χ3n) is 5.62. The van der Waals surface area contributed by atoms with Crippen LogP contribution in [-0.4, -0.2) is 47.6 Å². The lowest BCUT2D eigenvalue weighted by Crippen LogP contribution is -2.40. The number of hydrogen-bond donors (Lipinski definition) is 0. The monoisotopic (exact) mass is 418 g/mol. The first-order chi connectivity index (χ1) is 13.5. The summed E-state index contributed by atoms with van der Waals surface area (Å²) in [6.07, 6.45) is -0.324. The molecule has 0 aliphatic heterocycles. The highest BCUT2D eigenvalue weighted by atomic mass is 31.2. The molecule has 1 rings (SSSR count). The summed E-state index contributed by atoms with van der Waals surface area (Å²) in [6, 6.07) is 7.11. The van der Waals surface area contributed by atoms with Crippen molar-refractivity contribution in [3.63, 3.8) is 0 Å². The first kappa shape index (κ1) is 25.1. The van der Waals surface area contributed by atoms with Crippen molar-refractivity contribution >= 4 is 30.8 Å². The molecule has 6 heteroatoms. The number of carbonyl (C=O) groups is 2. The summed E-state index contributed by atoms with van der Waals surface area (Å²) >= 11 is 0. The summed E-state index contributed by atoms with van der Waals surface area (Å²) in [4.78, 5) is 27.1. The van der Waals surface area contributed by atoms with Crippen molar-refractivity contribution in [2.24, 2.45) is 0 Å². The molecule has 0 aliphatic rings. The first-order valence-corrected chi connectivity index (χ1v) is 12.4. The van der Waals surface area contributed by atoms with E-state index in [1.165, 1.54) is 0 Å². The molecule has 0 fully saturated rings. The van der Waals surface area contributed by atoms with Gasteiger partial charge in [-0.05, 0) is 73.1 Å². The topological polar surface area (TPSA) is 68.9 Å². The Morgan fingerprint density at radius 2 is 1.66 bits per heavy atom. The van der Waals surface area contributed by atoms with Crippen LogP contribution in [0.4, 0.5) is 10.5 Å². The number of hydrogen-bond acceptors (Lipinski definition) is 3. The van der Waals surface area contributed by atoms with Crippen LogP contribution < -0.4 is 4.90 Å². The normalized spacial score (nSPS) is 11.6. The predicted molar refractivity (Wildman–Crippen MR) is 125 cm³/mol. The Morgan fingerprint density at radius 1 is 1.10 bits per heavy atom. The molecule has 1 aromatic carbocycles.